The van der Waals surface area contributed by atoms with Gasteiger partial charge < -0.3 is 14.6 Å². The maximum Gasteiger partial charge on any atom is 0.168 e. The summed E-state index contributed by atoms with van der Waals surface area (Å²) in [7, 11) is 0. The van der Waals surface area contributed by atoms with Crippen molar-refractivity contribution in [1.82, 2.24) is 4.98 Å². The summed E-state index contributed by atoms with van der Waals surface area (Å²) in [5.74, 6) is -2.73. The van der Waals surface area contributed by atoms with Gasteiger partial charge in [0.1, 0.15) is 12.4 Å². The van der Waals surface area contributed by atoms with Crippen LogP contribution in [0.1, 0.15) is 18.1 Å². The molecule has 0 saturated carbocycles. The number of nitrogens with zero attached hydrogens (tertiary/aromatic N) is 1. The molecule has 1 aromatic heterocycles. The number of phenols is 1. The Morgan fingerprint density at radius 2 is 1.79 bits per heavy atom. The van der Waals surface area contributed by atoms with Gasteiger partial charge in [0.2, 0.25) is 0 Å². The van der Waals surface area contributed by atoms with E-state index in [2.05, 4.69) is 4.98 Å². The van der Waals surface area contributed by atoms with Crippen molar-refractivity contribution in [2.45, 2.75) is 20.1 Å². The maximum atomic E-state index is 14.4. The predicted octanol–water partition coefficient (Wildman–Crippen LogP) is 4.99. The van der Waals surface area contributed by atoms with Crippen molar-refractivity contribution in [3.63, 3.8) is 0 Å². The third kappa shape index (κ3) is 4.43. The minimum absolute atomic E-state index is 0.00239. The first-order chi connectivity index (χ1) is 13.5. The summed E-state index contributed by atoms with van der Waals surface area (Å²) in [6.45, 7) is 2.24. The van der Waals surface area contributed by atoms with Gasteiger partial charge in [-0.05, 0) is 42.8 Å². The van der Waals surface area contributed by atoms with E-state index in [4.69, 9.17) is 9.47 Å². The second-order valence-electron chi connectivity index (χ2n) is 5.99. The minimum Gasteiger partial charge on any atom is -0.505 e. The Kier molecular flexibility index (Phi) is 6.16. The van der Waals surface area contributed by atoms with Crippen molar-refractivity contribution in [1.29, 1.82) is 0 Å². The van der Waals surface area contributed by atoms with Gasteiger partial charge in [0.15, 0.2) is 23.2 Å². The number of rotatable bonds is 7. The molecule has 0 atom stereocenters. The lowest BCUT2D eigenvalue weighted by Crippen LogP contribution is -2.01. The van der Waals surface area contributed by atoms with Crippen molar-refractivity contribution < 1.29 is 27.8 Å². The Labute approximate surface area is 160 Å². The molecule has 1 N–H and O–H groups in total. The van der Waals surface area contributed by atoms with Crippen LogP contribution in [0.25, 0.3) is 11.3 Å². The van der Waals surface area contributed by atoms with Crippen molar-refractivity contribution in [2.75, 3.05) is 6.61 Å². The normalized spacial score (nSPS) is 10.9. The van der Waals surface area contributed by atoms with E-state index in [9.17, 15) is 18.3 Å². The summed E-state index contributed by atoms with van der Waals surface area (Å²) in [5, 5.41) is 9.18. The molecule has 0 amide bonds. The van der Waals surface area contributed by atoms with Gasteiger partial charge in [0.25, 0.3) is 0 Å². The predicted molar refractivity (Wildman–Crippen MR) is 97.3 cm³/mol. The topological polar surface area (TPSA) is 51.6 Å². The summed E-state index contributed by atoms with van der Waals surface area (Å²) in [5.41, 5.74) is 0.953. The van der Waals surface area contributed by atoms with Crippen molar-refractivity contribution in [3.05, 3.63) is 77.2 Å². The summed E-state index contributed by atoms with van der Waals surface area (Å²) in [6.07, 6.45) is 1.37. The molecule has 28 heavy (non-hydrogen) atoms. The van der Waals surface area contributed by atoms with E-state index >= 15 is 0 Å². The van der Waals surface area contributed by atoms with Gasteiger partial charge in [0.05, 0.1) is 18.5 Å². The highest BCUT2D eigenvalue weighted by atomic mass is 19.2. The third-order valence-corrected chi connectivity index (χ3v) is 4.05. The van der Waals surface area contributed by atoms with E-state index in [-0.39, 0.29) is 30.0 Å². The summed E-state index contributed by atoms with van der Waals surface area (Å²) >= 11 is 0. The monoisotopic (exact) mass is 389 g/mol. The number of halogens is 3. The average molecular weight is 389 g/mol. The molecule has 0 aliphatic heterocycles. The molecule has 0 aliphatic carbocycles. The number of pyridine rings is 1. The van der Waals surface area contributed by atoms with Crippen LogP contribution in [0.5, 0.6) is 11.5 Å². The van der Waals surface area contributed by atoms with Gasteiger partial charge in [-0.15, -0.1) is 0 Å². The molecule has 3 aromatic rings. The Morgan fingerprint density at radius 1 is 0.964 bits per heavy atom. The first kappa shape index (κ1) is 19.7. The lowest BCUT2D eigenvalue weighted by molar-refractivity contribution is 0.131. The molecule has 146 valence electrons. The van der Waals surface area contributed by atoms with Gasteiger partial charge in [-0.3, -0.25) is 4.98 Å². The Morgan fingerprint density at radius 3 is 2.46 bits per heavy atom. The number of aromatic nitrogens is 1. The zero-order valence-corrected chi connectivity index (χ0v) is 15.1. The summed E-state index contributed by atoms with van der Waals surface area (Å²) < 4.78 is 52.5. The largest absolute Gasteiger partial charge is 0.505 e. The Bertz CT molecular complexity index is 962. The molecule has 0 saturated heterocycles. The standard InChI is InChI=1S/C21H18F3NO3/c1-2-27-12-14-4-6-16(21(24)20(14)23)18-7-5-15(10-25-18)28-11-13-3-8-19(26)17(22)9-13/h3-10,26H,2,11-12H2,1H3. The lowest BCUT2D eigenvalue weighted by Gasteiger charge is -2.10. The minimum atomic E-state index is -0.988. The molecule has 3 rings (SSSR count). The molecule has 1 heterocycles. The second-order valence-corrected chi connectivity index (χ2v) is 5.99. The van der Waals surface area contributed by atoms with Gasteiger partial charge in [0, 0.05) is 17.7 Å². The van der Waals surface area contributed by atoms with E-state index in [0.717, 1.165) is 0 Å². The zero-order chi connectivity index (χ0) is 20.1. The zero-order valence-electron chi connectivity index (χ0n) is 15.1. The number of hydrogen-bond acceptors (Lipinski definition) is 4. The molecule has 0 fully saturated rings. The molecule has 0 radical (unpaired) electrons. The van der Waals surface area contributed by atoms with E-state index in [1.807, 2.05) is 0 Å². The number of aromatic hydroxyl groups is 1. The molecule has 4 nitrogen and oxygen atoms in total. The lowest BCUT2D eigenvalue weighted by atomic mass is 10.1. The van der Waals surface area contributed by atoms with Crippen molar-refractivity contribution in [3.8, 4) is 22.8 Å². The number of benzene rings is 2. The fourth-order valence-electron chi connectivity index (χ4n) is 2.54. The van der Waals surface area contributed by atoms with E-state index < -0.39 is 23.2 Å². The molecule has 0 aliphatic rings. The van der Waals surface area contributed by atoms with Crippen LogP contribution in [-0.4, -0.2) is 16.7 Å². The van der Waals surface area contributed by atoms with Crippen LogP contribution in [-0.2, 0) is 18.0 Å². The highest BCUT2D eigenvalue weighted by Crippen LogP contribution is 2.27. The maximum absolute atomic E-state index is 14.4. The molecule has 0 bridgehead atoms. The van der Waals surface area contributed by atoms with Gasteiger partial charge in [-0.2, -0.15) is 0 Å². The van der Waals surface area contributed by atoms with Crippen LogP contribution < -0.4 is 4.74 Å². The van der Waals surface area contributed by atoms with Crippen LogP contribution >= 0.6 is 0 Å². The fourth-order valence-corrected chi connectivity index (χ4v) is 2.54. The molecule has 0 unspecified atom stereocenters. The van der Waals surface area contributed by atoms with E-state index in [0.29, 0.717) is 17.9 Å². The molecule has 0 spiro atoms. The van der Waals surface area contributed by atoms with Gasteiger partial charge >= 0.3 is 0 Å². The van der Waals surface area contributed by atoms with Gasteiger partial charge in [-0.25, -0.2) is 13.2 Å². The van der Waals surface area contributed by atoms with Crippen LogP contribution in [0.4, 0.5) is 13.2 Å². The first-order valence-corrected chi connectivity index (χ1v) is 8.60. The smallest absolute Gasteiger partial charge is 0.168 e. The highest BCUT2D eigenvalue weighted by Gasteiger charge is 2.15. The summed E-state index contributed by atoms with van der Waals surface area (Å²) in [4.78, 5) is 4.11. The van der Waals surface area contributed by atoms with Crippen LogP contribution in [0, 0.1) is 17.5 Å². The van der Waals surface area contributed by atoms with Crippen molar-refractivity contribution >= 4 is 0 Å². The highest BCUT2D eigenvalue weighted by molar-refractivity contribution is 5.61. The van der Waals surface area contributed by atoms with Crippen LogP contribution in [0.15, 0.2) is 48.7 Å². The SMILES string of the molecule is CCOCc1ccc(-c2ccc(OCc3ccc(O)c(F)c3)cn2)c(F)c1F. The Balaban J connectivity index is 1.71. The third-order valence-electron chi connectivity index (χ3n) is 4.05. The fraction of sp³-hybridized carbons (Fsp3) is 0.190. The molecule has 7 heteroatoms. The van der Waals surface area contributed by atoms with E-state index in [1.54, 1.807) is 13.0 Å². The number of phenolic OH excluding ortho intramolecular Hbond substituents is 1. The van der Waals surface area contributed by atoms with Crippen molar-refractivity contribution in [2.24, 2.45) is 0 Å². The first-order valence-electron chi connectivity index (χ1n) is 8.60. The van der Waals surface area contributed by atoms with Crippen LogP contribution in [0.2, 0.25) is 0 Å². The quantitative estimate of drug-likeness (QED) is 0.619. The second kappa shape index (κ2) is 8.75. The molecular weight excluding hydrogens is 371 g/mol. The summed E-state index contributed by atoms with van der Waals surface area (Å²) in [6, 6.07) is 9.92. The molecular formula is C21H18F3NO3. The van der Waals surface area contributed by atoms with Crippen LogP contribution in [0.3, 0.4) is 0 Å². The average Bonchev–Trinajstić information content (AvgIpc) is 2.70. The van der Waals surface area contributed by atoms with E-state index in [1.165, 1.54) is 42.6 Å². The van der Waals surface area contributed by atoms with Gasteiger partial charge in [-0.1, -0.05) is 12.1 Å². The number of ether oxygens (including phenoxy) is 2. The number of hydrogen-bond donors (Lipinski definition) is 1. The molecule has 2 aromatic carbocycles. The Hall–Kier alpha value is -3.06.